The van der Waals surface area contributed by atoms with Gasteiger partial charge in [0.25, 0.3) is 0 Å². The molecule has 5 unspecified atom stereocenters. The Kier molecular flexibility index (Phi) is 3.75. The first kappa shape index (κ1) is 12.0. The standard InChI is InChI=1S/C16H29N/c1-2-8-17-11-14-4-3-5-15(14)16-10-12-6-7-13(16)9-12/h12-17H,2-11H2,1H3. The molecule has 5 atom stereocenters. The second-order valence-electron chi connectivity index (χ2n) is 6.90. The van der Waals surface area contributed by atoms with Crippen LogP contribution >= 0.6 is 0 Å². The Morgan fingerprint density at radius 3 is 2.65 bits per heavy atom. The third-order valence-electron chi connectivity index (χ3n) is 5.89. The highest BCUT2D eigenvalue weighted by Gasteiger charge is 2.45. The van der Waals surface area contributed by atoms with Gasteiger partial charge in [0.05, 0.1) is 0 Å². The van der Waals surface area contributed by atoms with Crippen LogP contribution in [0.3, 0.4) is 0 Å². The summed E-state index contributed by atoms with van der Waals surface area (Å²) in [7, 11) is 0. The van der Waals surface area contributed by atoms with E-state index in [1.807, 2.05) is 0 Å². The van der Waals surface area contributed by atoms with E-state index < -0.39 is 0 Å². The van der Waals surface area contributed by atoms with Gasteiger partial charge in [0.1, 0.15) is 0 Å². The van der Waals surface area contributed by atoms with Crippen molar-refractivity contribution in [2.45, 2.75) is 58.3 Å². The minimum Gasteiger partial charge on any atom is -0.316 e. The van der Waals surface area contributed by atoms with Crippen LogP contribution in [0.25, 0.3) is 0 Å². The number of nitrogens with one attached hydrogen (secondary N) is 1. The van der Waals surface area contributed by atoms with Crippen LogP contribution in [0, 0.1) is 29.6 Å². The summed E-state index contributed by atoms with van der Waals surface area (Å²) in [4.78, 5) is 0. The third-order valence-corrected chi connectivity index (χ3v) is 5.89. The lowest BCUT2D eigenvalue weighted by atomic mass is 9.75. The van der Waals surface area contributed by atoms with Gasteiger partial charge in [-0.15, -0.1) is 0 Å². The van der Waals surface area contributed by atoms with Gasteiger partial charge < -0.3 is 5.32 Å². The molecule has 0 spiro atoms. The van der Waals surface area contributed by atoms with Crippen molar-refractivity contribution in [3.05, 3.63) is 0 Å². The van der Waals surface area contributed by atoms with E-state index in [0.29, 0.717) is 0 Å². The maximum absolute atomic E-state index is 3.67. The van der Waals surface area contributed by atoms with Crippen molar-refractivity contribution in [2.75, 3.05) is 13.1 Å². The average molecular weight is 235 g/mol. The summed E-state index contributed by atoms with van der Waals surface area (Å²) in [6.07, 6.45) is 12.2. The van der Waals surface area contributed by atoms with Crippen LogP contribution in [0.15, 0.2) is 0 Å². The first-order valence-corrected chi connectivity index (χ1v) is 8.09. The fourth-order valence-electron chi connectivity index (χ4n) is 5.17. The molecule has 0 radical (unpaired) electrons. The van der Waals surface area contributed by atoms with Crippen LogP contribution in [-0.2, 0) is 0 Å². The first-order valence-electron chi connectivity index (χ1n) is 8.09. The van der Waals surface area contributed by atoms with E-state index in [9.17, 15) is 0 Å². The van der Waals surface area contributed by atoms with Gasteiger partial charge in [-0.3, -0.25) is 0 Å². The Labute approximate surface area is 107 Å². The lowest BCUT2D eigenvalue weighted by molar-refractivity contribution is 0.182. The molecule has 0 amide bonds. The molecule has 0 aliphatic heterocycles. The van der Waals surface area contributed by atoms with Gasteiger partial charge in [-0.1, -0.05) is 19.8 Å². The quantitative estimate of drug-likeness (QED) is 0.714. The SMILES string of the molecule is CCCNCC1CCCC1C1CC2CCC1C2. The summed E-state index contributed by atoms with van der Waals surface area (Å²) in [6, 6.07) is 0. The highest BCUT2D eigenvalue weighted by molar-refractivity contribution is 4.96. The zero-order valence-corrected chi connectivity index (χ0v) is 11.5. The molecule has 3 fully saturated rings. The van der Waals surface area contributed by atoms with Gasteiger partial charge in [-0.25, -0.2) is 0 Å². The topological polar surface area (TPSA) is 12.0 Å². The molecule has 2 bridgehead atoms. The van der Waals surface area contributed by atoms with Crippen LogP contribution in [0.4, 0.5) is 0 Å². The molecule has 0 heterocycles. The van der Waals surface area contributed by atoms with Crippen molar-refractivity contribution in [3.8, 4) is 0 Å². The number of hydrogen-bond donors (Lipinski definition) is 1. The lowest BCUT2D eigenvalue weighted by Crippen LogP contribution is -2.31. The fourth-order valence-corrected chi connectivity index (χ4v) is 5.17. The highest BCUT2D eigenvalue weighted by atomic mass is 14.9. The van der Waals surface area contributed by atoms with Crippen molar-refractivity contribution in [2.24, 2.45) is 29.6 Å². The maximum Gasteiger partial charge on any atom is -0.00178 e. The number of hydrogen-bond acceptors (Lipinski definition) is 1. The molecule has 0 aromatic heterocycles. The smallest absolute Gasteiger partial charge is 0.00178 e. The van der Waals surface area contributed by atoms with Gasteiger partial charge in [-0.2, -0.15) is 0 Å². The van der Waals surface area contributed by atoms with Gasteiger partial charge >= 0.3 is 0 Å². The predicted molar refractivity (Wildman–Crippen MR) is 72.9 cm³/mol. The molecule has 3 saturated carbocycles. The molecule has 3 rings (SSSR count). The van der Waals surface area contributed by atoms with Crippen LogP contribution < -0.4 is 5.32 Å². The Morgan fingerprint density at radius 1 is 1.00 bits per heavy atom. The maximum atomic E-state index is 3.67. The van der Waals surface area contributed by atoms with E-state index in [2.05, 4.69) is 12.2 Å². The second kappa shape index (κ2) is 5.30. The molecule has 17 heavy (non-hydrogen) atoms. The molecule has 3 aliphatic rings. The molecule has 3 aliphatic carbocycles. The summed E-state index contributed by atoms with van der Waals surface area (Å²) < 4.78 is 0. The van der Waals surface area contributed by atoms with Crippen LogP contribution in [0.2, 0.25) is 0 Å². The molecule has 98 valence electrons. The molecule has 0 aromatic carbocycles. The van der Waals surface area contributed by atoms with E-state index in [1.54, 1.807) is 32.1 Å². The predicted octanol–water partition coefficient (Wildman–Crippen LogP) is 3.84. The van der Waals surface area contributed by atoms with E-state index in [0.717, 1.165) is 29.6 Å². The summed E-state index contributed by atoms with van der Waals surface area (Å²) in [6.45, 7) is 4.81. The van der Waals surface area contributed by atoms with Crippen LogP contribution in [0.5, 0.6) is 0 Å². The van der Waals surface area contributed by atoms with Crippen molar-refractivity contribution in [1.82, 2.24) is 5.32 Å². The number of fused-ring (bicyclic) bond motifs is 2. The lowest BCUT2D eigenvalue weighted by Gasteiger charge is -2.32. The molecule has 0 saturated heterocycles. The second-order valence-corrected chi connectivity index (χ2v) is 6.90. The monoisotopic (exact) mass is 235 g/mol. The normalized spacial score (nSPS) is 44.6. The molecule has 0 aromatic rings. The van der Waals surface area contributed by atoms with E-state index in [-0.39, 0.29) is 0 Å². The minimum atomic E-state index is 1.02. The van der Waals surface area contributed by atoms with Crippen LogP contribution in [-0.4, -0.2) is 13.1 Å². The van der Waals surface area contributed by atoms with Crippen molar-refractivity contribution < 1.29 is 0 Å². The van der Waals surface area contributed by atoms with Crippen molar-refractivity contribution in [3.63, 3.8) is 0 Å². The largest absolute Gasteiger partial charge is 0.316 e. The molecular weight excluding hydrogens is 206 g/mol. The Bertz CT molecular complexity index is 250. The first-order chi connectivity index (χ1) is 8.38. The van der Waals surface area contributed by atoms with E-state index >= 15 is 0 Å². The van der Waals surface area contributed by atoms with E-state index in [4.69, 9.17) is 0 Å². The van der Waals surface area contributed by atoms with E-state index in [1.165, 1.54) is 32.4 Å². The molecule has 1 N–H and O–H groups in total. The summed E-state index contributed by atoms with van der Waals surface area (Å²) in [5.41, 5.74) is 0. The average Bonchev–Trinajstić information content (AvgIpc) is 3.04. The summed E-state index contributed by atoms with van der Waals surface area (Å²) in [5, 5.41) is 3.67. The molecule has 1 nitrogen and oxygen atoms in total. The van der Waals surface area contributed by atoms with Gasteiger partial charge in [0.15, 0.2) is 0 Å². The molecular formula is C16H29N. The van der Waals surface area contributed by atoms with Gasteiger partial charge in [0.2, 0.25) is 0 Å². The molecule has 1 heteroatoms. The zero-order valence-electron chi connectivity index (χ0n) is 11.5. The Balaban J connectivity index is 1.54. The van der Waals surface area contributed by atoms with Gasteiger partial charge in [0, 0.05) is 0 Å². The zero-order chi connectivity index (χ0) is 11.7. The Morgan fingerprint density at radius 2 is 1.94 bits per heavy atom. The van der Waals surface area contributed by atoms with Crippen molar-refractivity contribution >= 4 is 0 Å². The van der Waals surface area contributed by atoms with Crippen molar-refractivity contribution in [1.29, 1.82) is 0 Å². The fraction of sp³-hybridized carbons (Fsp3) is 1.00. The van der Waals surface area contributed by atoms with Gasteiger partial charge in [-0.05, 0) is 81.2 Å². The number of rotatable bonds is 5. The van der Waals surface area contributed by atoms with Crippen LogP contribution in [0.1, 0.15) is 58.3 Å². The minimum absolute atomic E-state index is 1.02. The summed E-state index contributed by atoms with van der Waals surface area (Å²) in [5.74, 6) is 5.51. The summed E-state index contributed by atoms with van der Waals surface area (Å²) >= 11 is 0. The third kappa shape index (κ3) is 2.41. The highest BCUT2D eigenvalue weighted by Crippen LogP contribution is 2.55. The Hall–Kier alpha value is -0.0400.